The first kappa shape index (κ1) is 14.0. The third-order valence-electron chi connectivity index (χ3n) is 2.63. The topological polar surface area (TPSA) is 38.9 Å². The SMILES string of the molecule is Cc1ccc(C(N)c2cnc(C(F)(F)F)s2)cc1F. The van der Waals surface area contributed by atoms with Gasteiger partial charge in [-0.15, -0.1) is 11.3 Å². The van der Waals surface area contributed by atoms with Crippen molar-refractivity contribution < 1.29 is 17.6 Å². The lowest BCUT2D eigenvalue weighted by atomic mass is 10.0. The molecule has 1 unspecified atom stereocenters. The van der Waals surface area contributed by atoms with Gasteiger partial charge in [0, 0.05) is 11.1 Å². The van der Waals surface area contributed by atoms with Crippen molar-refractivity contribution in [2.45, 2.75) is 19.1 Å². The van der Waals surface area contributed by atoms with Crippen molar-refractivity contribution in [3.05, 3.63) is 51.2 Å². The third kappa shape index (κ3) is 2.93. The molecule has 0 fully saturated rings. The predicted octanol–water partition coefficient (Wildman–Crippen LogP) is 3.66. The van der Waals surface area contributed by atoms with Gasteiger partial charge in [-0.3, -0.25) is 0 Å². The van der Waals surface area contributed by atoms with Crippen molar-refractivity contribution in [1.82, 2.24) is 4.98 Å². The summed E-state index contributed by atoms with van der Waals surface area (Å²) >= 11 is 0.469. The van der Waals surface area contributed by atoms with Crippen LogP contribution in [-0.4, -0.2) is 4.98 Å². The number of nitrogens with two attached hydrogens (primary N) is 1. The molecule has 0 saturated carbocycles. The van der Waals surface area contributed by atoms with E-state index in [4.69, 9.17) is 5.73 Å². The van der Waals surface area contributed by atoms with Crippen molar-refractivity contribution in [3.63, 3.8) is 0 Å². The minimum absolute atomic E-state index is 0.246. The summed E-state index contributed by atoms with van der Waals surface area (Å²) in [6.07, 6.45) is -3.41. The molecule has 102 valence electrons. The minimum atomic E-state index is -4.48. The van der Waals surface area contributed by atoms with E-state index in [0.29, 0.717) is 22.5 Å². The Bertz CT molecular complexity index is 592. The van der Waals surface area contributed by atoms with Crippen LogP contribution in [0.15, 0.2) is 24.4 Å². The molecule has 2 aromatic rings. The summed E-state index contributed by atoms with van der Waals surface area (Å²) < 4.78 is 50.7. The summed E-state index contributed by atoms with van der Waals surface area (Å²) in [5, 5.41) is -0.953. The average Bonchev–Trinajstić information content (AvgIpc) is 2.81. The molecule has 19 heavy (non-hydrogen) atoms. The first-order chi connectivity index (χ1) is 8.79. The number of aromatic nitrogens is 1. The lowest BCUT2D eigenvalue weighted by molar-refractivity contribution is -0.137. The Hall–Kier alpha value is -1.47. The maximum absolute atomic E-state index is 13.4. The van der Waals surface area contributed by atoms with Crippen LogP contribution >= 0.6 is 11.3 Å². The summed E-state index contributed by atoms with van der Waals surface area (Å²) in [6, 6.07) is 3.54. The second-order valence-corrected chi connectivity index (χ2v) is 5.11. The van der Waals surface area contributed by atoms with Gasteiger partial charge in [-0.1, -0.05) is 12.1 Å². The van der Waals surface area contributed by atoms with Gasteiger partial charge in [-0.05, 0) is 24.1 Å². The van der Waals surface area contributed by atoms with Gasteiger partial charge in [0.25, 0.3) is 0 Å². The maximum atomic E-state index is 13.4. The molecule has 0 aliphatic carbocycles. The number of alkyl halides is 3. The Morgan fingerprint density at radius 3 is 2.53 bits per heavy atom. The molecule has 2 rings (SSSR count). The van der Waals surface area contributed by atoms with Gasteiger partial charge in [-0.2, -0.15) is 13.2 Å². The van der Waals surface area contributed by atoms with E-state index >= 15 is 0 Å². The fraction of sp³-hybridized carbons (Fsp3) is 0.250. The van der Waals surface area contributed by atoms with Crippen LogP contribution in [0.4, 0.5) is 17.6 Å². The van der Waals surface area contributed by atoms with Crippen molar-refractivity contribution >= 4 is 11.3 Å². The van der Waals surface area contributed by atoms with Crippen LogP contribution in [-0.2, 0) is 6.18 Å². The van der Waals surface area contributed by atoms with Crippen LogP contribution in [0.5, 0.6) is 0 Å². The molecule has 1 aromatic heterocycles. The monoisotopic (exact) mass is 290 g/mol. The lowest BCUT2D eigenvalue weighted by Gasteiger charge is -2.10. The molecular weight excluding hydrogens is 280 g/mol. The molecule has 0 amide bonds. The molecule has 7 heteroatoms. The van der Waals surface area contributed by atoms with Crippen molar-refractivity contribution in [2.24, 2.45) is 5.73 Å². The molecule has 2 nitrogen and oxygen atoms in total. The van der Waals surface area contributed by atoms with E-state index in [1.807, 2.05) is 0 Å². The maximum Gasteiger partial charge on any atom is 0.443 e. The van der Waals surface area contributed by atoms with Gasteiger partial charge in [-0.25, -0.2) is 9.37 Å². The molecule has 1 heterocycles. The second-order valence-electron chi connectivity index (χ2n) is 4.05. The number of benzene rings is 1. The van der Waals surface area contributed by atoms with Crippen LogP contribution < -0.4 is 5.73 Å². The van der Waals surface area contributed by atoms with E-state index in [0.717, 1.165) is 6.20 Å². The number of rotatable bonds is 2. The molecule has 0 saturated heterocycles. The number of halogens is 4. The van der Waals surface area contributed by atoms with Crippen LogP contribution in [0.3, 0.4) is 0 Å². The van der Waals surface area contributed by atoms with Gasteiger partial charge in [0.15, 0.2) is 5.01 Å². The highest BCUT2D eigenvalue weighted by molar-refractivity contribution is 7.11. The molecular formula is C12H10F4N2S. The highest BCUT2D eigenvalue weighted by atomic mass is 32.1. The zero-order valence-electron chi connectivity index (χ0n) is 9.83. The van der Waals surface area contributed by atoms with E-state index in [9.17, 15) is 17.6 Å². The Morgan fingerprint density at radius 1 is 1.32 bits per heavy atom. The van der Waals surface area contributed by atoms with Crippen LogP contribution in [0.1, 0.15) is 27.1 Å². The smallest absolute Gasteiger partial charge is 0.320 e. The molecule has 0 bridgehead atoms. The fourth-order valence-electron chi connectivity index (χ4n) is 1.53. The van der Waals surface area contributed by atoms with E-state index in [-0.39, 0.29) is 4.88 Å². The summed E-state index contributed by atoms with van der Waals surface area (Å²) in [6.45, 7) is 1.60. The lowest BCUT2D eigenvalue weighted by Crippen LogP contribution is -2.10. The highest BCUT2D eigenvalue weighted by Crippen LogP contribution is 2.35. The zero-order valence-corrected chi connectivity index (χ0v) is 10.6. The Labute approximate surface area is 110 Å². The van der Waals surface area contributed by atoms with E-state index < -0.39 is 23.0 Å². The van der Waals surface area contributed by atoms with Gasteiger partial charge in [0.05, 0.1) is 6.04 Å². The predicted molar refractivity (Wildman–Crippen MR) is 64.3 cm³/mol. The summed E-state index contributed by atoms with van der Waals surface area (Å²) in [4.78, 5) is 3.54. The van der Waals surface area contributed by atoms with Gasteiger partial charge in [0.2, 0.25) is 0 Å². The van der Waals surface area contributed by atoms with Crippen LogP contribution in [0.25, 0.3) is 0 Å². The second kappa shape index (κ2) is 4.90. The van der Waals surface area contributed by atoms with Crippen molar-refractivity contribution in [1.29, 1.82) is 0 Å². The Balaban J connectivity index is 2.31. The Kier molecular flexibility index (Phi) is 3.60. The Morgan fingerprint density at radius 2 is 2.00 bits per heavy atom. The van der Waals surface area contributed by atoms with Gasteiger partial charge >= 0.3 is 6.18 Å². The number of thiazole rings is 1. The average molecular weight is 290 g/mol. The van der Waals surface area contributed by atoms with E-state index in [1.54, 1.807) is 13.0 Å². The first-order valence-electron chi connectivity index (χ1n) is 5.33. The number of hydrogen-bond acceptors (Lipinski definition) is 3. The first-order valence-corrected chi connectivity index (χ1v) is 6.15. The third-order valence-corrected chi connectivity index (χ3v) is 3.75. The molecule has 0 aliphatic rings. The fourth-order valence-corrected chi connectivity index (χ4v) is 2.34. The zero-order chi connectivity index (χ0) is 14.2. The van der Waals surface area contributed by atoms with E-state index in [2.05, 4.69) is 4.98 Å². The standard InChI is InChI=1S/C12H10F4N2S/c1-6-2-3-7(4-8(6)13)10(17)9-5-18-11(19-9)12(14,15)16/h2-5,10H,17H2,1H3. The molecule has 0 radical (unpaired) electrons. The van der Waals surface area contributed by atoms with Gasteiger partial charge in [0.1, 0.15) is 5.82 Å². The van der Waals surface area contributed by atoms with Crippen LogP contribution in [0.2, 0.25) is 0 Å². The summed E-state index contributed by atoms with van der Waals surface area (Å²) in [5.74, 6) is -0.437. The molecule has 2 N–H and O–H groups in total. The summed E-state index contributed by atoms with van der Waals surface area (Å²) in [5.41, 5.74) is 6.70. The molecule has 1 aromatic carbocycles. The highest BCUT2D eigenvalue weighted by Gasteiger charge is 2.35. The normalized spacial score (nSPS) is 13.6. The van der Waals surface area contributed by atoms with E-state index in [1.165, 1.54) is 12.1 Å². The van der Waals surface area contributed by atoms with Gasteiger partial charge < -0.3 is 5.73 Å². The molecule has 0 aliphatic heterocycles. The number of aryl methyl sites for hydroxylation is 1. The molecule has 1 atom stereocenters. The molecule has 0 spiro atoms. The largest absolute Gasteiger partial charge is 0.443 e. The van der Waals surface area contributed by atoms with Crippen molar-refractivity contribution in [2.75, 3.05) is 0 Å². The quantitative estimate of drug-likeness (QED) is 0.857. The van der Waals surface area contributed by atoms with Crippen LogP contribution in [0, 0.1) is 12.7 Å². The number of nitrogens with zero attached hydrogens (tertiary/aromatic N) is 1. The van der Waals surface area contributed by atoms with Crippen molar-refractivity contribution in [3.8, 4) is 0 Å². The number of hydrogen-bond donors (Lipinski definition) is 1. The summed E-state index contributed by atoms with van der Waals surface area (Å²) in [7, 11) is 0. The minimum Gasteiger partial charge on any atom is -0.320 e.